The molecule has 7 nitrogen and oxygen atoms in total. The second-order valence-corrected chi connectivity index (χ2v) is 10.6. The summed E-state index contributed by atoms with van der Waals surface area (Å²) in [6, 6.07) is 32.9. The number of amides is 2. The van der Waals surface area contributed by atoms with Crippen molar-refractivity contribution in [2.24, 2.45) is 0 Å². The molecule has 7 heteroatoms. The fourth-order valence-electron chi connectivity index (χ4n) is 4.74. The van der Waals surface area contributed by atoms with Gasteiger partial charge in [-0.15, -0.1) is 0 Å². The number of fused-ring (bicyclic) bond motifs is 1. The Labute approximate surface area is 246 Å². The van der Waals surface area contributed by atoms with E-state index >= 15 is 0 Å². The number of nitrogens with zero attached hydrogens (tertiary/aromatic N) is 3. The van der Waals surface area contributed by atoms with E-state index in [1.165, 1.54) is 16.8 Å². The largest absolute Gasteiger partial charge is 0.378 e. The number of hydrogen-bond donors (Lipinski definition) is 2. The summed E-state index contributed by atoms with van der Waals surface area (Å²) in [7, 11) is 6.21. The molecule has 42 heavy (non-hydrogen) atoms. The molecule has 4 aromatic carbocycles. The van der Waals surface area contributed by atoms with Gasteiger partial charge in [0, 0.05) is 50.1 Å². The number of benzene rings is 4. The Balaban J connectivity index is 1.16. The lowest BCUT2D eigenvalue weighted by Crippen LogP contribution is -2.21. The second kappa shape index (κ2) is 13.1. The molecule has 0 aliphatic heterocycles. The first-order chi connectivity index (χ1) is 20.4. The molecule has 0 radical (unpaired) electrons. The van der Waals surface area contributed by atoms with E-state index in [4.69, 9.17) is 0 Å². The SMILES string of the molecule is CN(CCc1ccc(NC(=O)c2ccccc2NC(=O)c2cnc3ccccc3c2)cc1)Cc1ccc(N(C)C)cc1. The van der Waals surface area contributed by atoms with Crippen molar-refractivity contribution in [2.45, 2.75) is 13.0 Å². The van der Waals surface area contributed by atoms with Gasteiger partial charge in [-0.25, -0.2) is 0 Å². The van der Waals surface area contributed by atoms with Crippen LogP contribution in [-0.2, 0) is 13.0 Å². The first-order valence-corrected chi connectivity index (χ1v) is 14.0. The van der Waals surface area contributed by atoms with Crippen molar-refractivity contribution in [2.75, 3.05) is 43.2 Å². The third kappa shape index (κ3) is 7.19. The molecule has 1 aromatic heterocycles. The van der Waals surface area contributed by atoms with E-state index < -0.39 is 0 Å². The van der Waals surface area contributed by atoms with Crippen LogP contribution in [0, 0.1) is 0 Å². The molecular weight excluding hydrogens is 522 g/mol. The Morgan fingerprint density at radius 2 is 1.43 bits per heavy atom. The predicted octanol–water partition coefficient (Wildman–Crippen LogP) is 6.48. The highest BCUT2D eigenvalue weighted by Crippen LogP contribution is 2.20. The molecule has 5 aromatic rings. The van der Waals surface area contributed by atoms with Gasteiger partial charge in [-0.3, -0.25) is 14.6 Å². The standard InChI is InChI=1S/C35H35N5O2/c1-39(2)30-18-14-26(15-19-30)24-40(3)21-20-25-12-16-29(17-13-25)37-35(42)31-9-5-7-11-33(31)38-34(41)28-22-27-8-4-6-10-32(27)36-23-28/h4-19,22-23H,20-21,24H2,1-3H3,(H,37,42)(H,38,41). The lowest BCUT2D eigenvalue weighted by atomic mass is 10.1. The zero-order chi connectivity index (χ0) is 29.5. The molecule has 1 heterocycles. The molecule has 0 bridgehead atoms. The smallest absolute Gasteiger partial charge is 0.257 e. The Morgan fingerprint density at radius 3 is 2.19 bits per heavy atom. The van der Waals surface area contributed by atoms with Crippen molar-refractivity contribution >= 4 is 39.8 Å². The van der Waals surface area contributed by atoms with E-state index in [1.54, 1.807) is 36.5 Å². The third-order valence-electron chi connectivity index (χ3n) is 7.17. The van der Waals surface area contributed by atoms with Gasteiger partial charge in [0.25, 0.3) is 11.8 Å². The van der Waals surface area contributed by atoms with Gasteiger partial charge in [0.2, 0.25) is 0 Å². The first kappa shape index (κ1) is 28.5. The van der Waals surface area contributed by atoms with E-state index in [9.17, 15) is 9.59 Å². The highest BCUT2D eigenvalue weighted by molar-refractivity contribution is 6.13. The van der Waals surface area contributed by atoms with Crippen LogP contribution in [0.15, 0.2) is 109 Å². The van der Waals surface area contributed by atoms with E-state index in [0.29, 0.717) is 22.5 Å². The third-order valence-corrected chi connectivity index (χ3v) is 7.17. The number of aromatic nitrogens is 1. The second-order valence-electron chi connectivity index (χ2n) is 10.6. The van der Waals surface area contributed by atoms with Gasteiger partial charge in [0.15, 0.2) is 0 Å². The van der Waals surface area contributed by atoms with Crippen LogP contribution >= 0.6 is 0 Å². The van der Waals surface area contributed by atoms with E-state index in [1.807, 2.05) is 62.6 Å². The average Bonchev–Trinajstić information content (AvgIpc) is 3.01. The first-order valence-electron chi connectivity index (χ1n) is 14.0. The fourth-order valence-corrected chi connectivity index (χ4v) is 4.74. The van der Waals surface area contributed by atoms with Crippen LogP contribution in [0.4, 0.5) is 17.1 Å². The summed E-state index contributed by atoms with van der Waals surface area (Å²) < 4.78 is 0. The van der Waals surface area contributed by atoms with Gasteiger partial charge >= 0.3 is 0 Å². The van der Waals surface area contributed by atoms with Gasteiger partial charge in [0.1, 0.15) is 0 Å². The quantitative estimate of drug-likeness (QED) is 0.206. The Morgan fingerprint density at radius 1 is 0.738 bits per heavy atom. The molecule has 0 atom stereocenters. The van der Waals surface area contributed by atoms with E-state index in [-0.39, 0.29) is 11.8 Å². The van der Waals surface area contributed by atoms with Crippen molar-refractivity contribution in [1.82, 2.24) is 9.88 Å². The Kier molecular flexibility index (Phi) is 8.90. The summed E-state index contributed by atoms with van der Waals surface area (Å²) >= 11 is 0. The maximum atomic E-state index is 13.2. The monoisotopic (exact) mass is 557 g/mol. The highest BCUT2D eigenvalue weighted by Gasteiger charge is 2.15. The highest BCUT2D eigenvalue weighted by atomic mass is 16.2. The van der Waals surface area contributed by atoms with Gasteiger partial charge in [-0.05, 0) is 73.1 Å². The number of likely N-dealkylation sites (N-methyl/N-ethyl adjacent to an activating group) is 1. The van der Waals surface area contributed by atoms with Crippen molar-refractivity contribution in [1.29, 1.82) is 0 Å². The van der Waals surface area contributed by atoms with Crippen molar-refractivity contribution in [3.63, 3.8) is 0 Å². The number of anilines is 3. The Bertz CT molecular complexity index is 1680. The molecule has 2 amide bonds. The van der Waals surface area contributed by atoms with Gasteiger partial charge in [-0.2, -0.15) is 0 Å². The lowest BCUT2D eigenvalue weighted by Gasteiger charge is -2.18. The average molecular weight is 558 g/mol. The summed E-state index contributed by atoms with van der Waals surface area (Å²) in [6.07, 6.45) is 2.45. The van der Waals surface area contributed by atoms with Crippen LogP contribution in [0.25, 0.3) is 10.9 Å². The lowest BCUT2D eigenvalue weighted by molar-refractivity contribution is 0.102. The number of carbonyl (C=O) groups is 2. The van der Waals surface area contributed by atoms with Gasteiger partial charge < -0.3 is 20.4 Å². The minimum atomic E-state index is -0.326. The number of rotatable bonds is 10. The van der Waals surface area contributed by atoms with Crippen molar-refractivity contribution < 1.29 is 9.59 Å². The van der Waals surface area contributed by atoms with Gasteiger partial charge in [-0.1, -0.05) is 54.6 Å². The molecule has 212 valence electrons. The molecule has 0 saturated carbocycles. The number of para-hydroxylation sites is 2. The molecule has 0 saturated heterocycles. The van der Waals surface area contributed by atoms with Crippen LogP contribution in [0.2, 0.25) is 0 Å². The number of pyridine rings is 1. The summed E-state index contributed by atoms with van der Waals surface area (Å²) in [4.78, 5) is 34.9. The number of hydrogen-bond acceptors (Lipinski definition) is 5. The minimum absolute atomic E-state index is 0.296. The van der Waals surface area contributed by atoms with Crippen molar-refractivity contribution in [3.8, 4) is 0 Å². The molecule has 5 rings (SSSR count). The summed E-state index contributed by atoms with van der Waals surface area (Å²) in [5, 5.41) is 6.71. The fraction of sp³-hybridized carbons (Fsp3) is 0.171. The maximum absolute atomic E-state index is 13.2. The molecule has 0 aliphatic carbocycles. The molecular formula is C35H35N5O2. The molecule has 0 aliphatic rings. The maximum Gasteiger partial charge on any atom is 0.257 e. The normalized spacial score (nSPS) is 11.0. The number of nitrogens with one attached hydrogen (secondary N) is 2. The molecule has 2 N–H and O–H groups in total. The van der Waals surface area contributed by atoms with E-state index in [2.05, 4.69) is 56.7 Å². The minimum Gasteiger partial charge on any atom is -0.378 e. The zero-order valence-corrected chi connectivity index (χ0v) is 24.2. The summed E-state index contributed by atoms with van der Waals surface area (Å²) in [6.45, 7) is 1.80. The predicted molar refractivity (Wildman–Crippen MR) is 171 cm³/mol. The van der Waals surface area contributed by atoms with Crippen LogP contribution in [0.5, 0.6) is 0 Å². The number of carbonyl (C=O) groups excluding carboxylic acids is 2. The summed E-state index contributed by atoms with van der Waals surface area (Å²) in [5.41, 5.74) is 6.42. The molecule has 0 fully saturated rings. The molecule has 0 spiro atoms. The Hall–Kier alpha value is -5.01. The van der Waals surface area contributed by atoms with Gasteiger partial charge in [0.05, 0.1) is 22.3 Å². The van der Waals surface area contributed by atoms with Crippen LogP contribution in [0.1, 0.15) is 31.8 Å². The topological polar surface area (TPSA) is 77.6 Å². The summed E-state index contributed by atoms with van der Waals surface area (Å²) in [5.74, 6) is -0.622. The van der Waals surface area contributed by atoms with E-state index in [0.717, 1.165) is 30.4 Å². The van der Waals surface area contributed by atoms with Crippen LogP contribution in [-0.4, -0.2) is 49.4 Å². The van der Waals surface area contributed by atoms with Crippen molar-refractivity contribution in [3.05, 3.63) is 132 Å². The van der Waals surface area contributed by atoms with Crippen LogP contribution < -0.4 is 15.5 Å². The molecule has 0 unspecified atom stereocenters. The zero-order valence-electron chi connectivity index (χ0n) is 24.2. The van der Waals surface area contributed by atoms with Crippen LogP contribution in [0.3, 0.4) is 0 Å².